The molecule has 0 radical (unpaired) electrons. The van der Waals surface area contributed by atoms with Crippen LogP contribution in [-0.4, -0.2) is 13.2 Å². The van der Waals surface area contributed by atoms with E-state index in [2.05, 4.69) is 0 Å². The first-order valence-corrected chi connectivity index (χ1v) is 8.83. The molecular weight excluding hydrogens is 376 g/mol. The highest BCUT2D eigenvalue weighted by Gasteiger charge is 1.97. The lowest BCUT2D eigenvalue weighted by molar-refractivity contribution is 0.350. The highest BCUT2D eigenvalue weighted by Crippen LogP contribution is 2.15. The molecule has 0 unspecified atom stereocenters. The van der Waals surface area contributed by atoms with Crippen LogP contribution in [0.1, 0.15) is 11.1 Å². The van der Waals surface area contributed by atoms with Crippen LogP contribution in [0.5, 0.6) is 11.5 Å². The van der Waals surface area contributed by atoms with E-state index in [-0.39, 0.29) is 11.1 Å². The van der Waals surface area contributed by atoms with E-state index in [4.69, 9.17) is 30.5 Å². The van der Waals surface area contributed by atoms with E-state index in [9.17, 15) is 0 Å². The van der Waals surface area contributed by atoms with Gasteiger partial charge in [0.25, 0.3) is 0 Å². The topological polar surface area (TPSA) is 114 Å². The molecule has 0 aliphatic rings. The normalized spacial score (nSPS) is 9.33. The Morgan fingerprint density at radius 2 is 0.933 bits per heavy atom. The molecule has 30 heavy (non-hydrogen) atoms. The molecule has 6 nitrogen and oxygen atoms in total. The van der Waals surface area contributed by atoms with E-state index < -0.39 is 0 Å². The standard InChI is InChI=1S/C24H16N4O2/c25-15-21(16-26)13-19-3-7-23(8-4-19)29-11-1-2-12-30-24-9-5-20(6-10-24)14-22(17-27)18-28/h1-10,13-14H,11-12H2/b2-1-. The van der Waals surface area contributed by atoms with Gasteiger partial charge in [0.1, 0.15) is 60.1 Å². The Morgan fingerprint density at radius 1 is 0.600 bits per heavy atom. The Kier molecular flexibility index (Phi) is 8.49. The van der Waals surface area contributed by atoms with Gasteiger partial charge in [-0.1, -0.05) is 24.3 Å². The zero-order valence-electron chi connectivity index (χ0n) is 15.9. The van der Waals surface area contributed by atoms with Gasteiger partial charge >= 0.3 is 0 Å². The summed E-state index contributed by atoms with van der Waals surface area (Å²) < 4.78 is 11.2. The third-order valence-corrected chi connectivity index (χ3v) is 3.72. The van der Waals surface area contributed by atoms with Crippen LogP contribution in [0.25, 0.3) is 12.2 Å². The van der Waals surface area contributed by atoms with Crippen molar-refractivity contribution in [1.29, 1.82) is 21.0 Å². The highest BCUT2D eigenvalue weighted by molar-refractivity contribution is 5.63. The molecular formula is C24H16N4O2. The molecule has 2 aromatic rings. The van der Waals surface area contributed by atoms with Crippen LogP contribution in [-0.2, 0) is 0 Å². The molecule has 0 atom stereocenters. The summed E-state index contributed by atoms with van der Waals surface area (Å²) in [6.07, 6.45) is 6.69. The van der Waals surface area contributed by atoms with Crippen LogP contribution in [0, 0.1) is 45.3 Å². The largest absolute Gasteiger partial charge is 0.490 e. The van der Waals surface area contributed by atoms with Gasteiger partial charge in [-0.25, -0.2) is 0 Å². The monoisotopic (exact) mass is 392 g/mol. The van der Waals surface area contributed by atoms with Crippen LogP contribution in [0.15, 0.2) is 71.8 Å². The summed E-state index contributed by atoms with van der Waals surface area (Å²) >= 11 is 0. The Labute approximate surface area is 175 Å². The van der Waals surface area contributed by atoms with Gasteiger partial charge in [-0.15, -0.1) is 0 Å². The molecule has 2 rings (SSSR count). The van der Waals surface area contributed by atoms with Gasteiger partial charge in [0, 0.05) is 0 Å². The molecule has 0 fully saturated rings. The maximum atomic E-state index is 8.76. The van der Waals surface area contributed by atoms with Crippen LogP contribution in [0.4, 0.5) is 0 Å². The Bertz CT molecular complexity index is 991. The molecule has 0 aliphatic heterocycles. The van der Waals surface area contributed by atoms with Gasteiger partial charge in [0.05, 0.1) is 0 Å². The molecule has 0 saturated carbocycles. The van der Waals surface area contributed by atoms with Gasteiger partial charge in [-0.05, 0) is 59.7 Å². The maximum absolute atomic E-state index is 8.76. The SMILES string of the molecule is N#CC(C#N)=Cc1ccc(OC/C=C\COc2ccc(C=C(C#N)C#N)cc2)cc1. The lowest BCUT2D eigenvalue weighted by Crippen LogP contribution is -1.96. The lowest BCUT2D eigenvalue weighted by atomic mass is 10.1. The summed E-state index contributed by atoms with van der Waals surface area (Å²) in [6.45, 7) is 0.740. The number of rotatable bonds is 8. The second-order valence-electron chi connectivity index (χ2n) is 5.79. The van der Waals surface area contributed by atoms with Crippen molar-refractivity contribution in [1.82, 2.24) is 0 Å². The van der Waals surface area contributed by atoms with Crippen molar-refractivity contribution in [3.05, 3.63) is 83.0 Å². The molecule has 0 saturated heterocycles. The molecule has 2 aromatic carbocycles. The number of nitrogens with zero attached hydrogens (tertiary/aromatic N) is 4. The van der Waals surface area contributed by atoms with Crippen LogP contribution < -0.4 is 9.47 Å². The number of hydrogen-bond donors (Lipinski definition) is 0. The van der Waals surface area contributed by atoms with Gasteiger partial charge in [-0.2, -0.15) is 21.0 Å². The summed E-state index contributed by atoms with van der Waals surface area (Å²) in [5, 5.41) is 35.0. The van der Waals surface area contributed by atoms with E-state index in [1.54, 1.807) is 48.5 Å². The van der Waals surface area contributed by atoms with Crippen molar-refractivity contribution in [2.24, 2.45) is 0 Å². The number of benzene rings is 2. The van der Waals surface area contributed by atoms with Crippen LogP contribution >= 0.6 is 0 Å². The van der Waals surface area contributed by atoms with E-state index in [1.165, 1.54) is 12.2 Å². The molecule has 0 aromatic heterocycles. The number of nitriles is 4. The molecule has 0 heterocycles. The molecule has 0 aliphatic carbocycles. The van der Waals surface area contributed by atoms with Gasteiger partial charge < -0.3 is 9.47 Å². The van der Waals surface area contributed by atoms with Crippen LogP contribution in [0.2, 0.25) is 0 Å². The minimum absolute atomic E-state index is 0.0480. The fraction of sp³-hybridized carbons (Fsp3) is 0.0833. The minimum Gasteiger partial charge on any atom is -0.490 e. The van der Waals surface area contributed by atoms with Gasteiger partial charge in [0.15, 0.2) is 0 Å². The quantitative estimate of drug-likeness (QED) is 0.480. The number of hydrogen-bond acceptors (Lipinski definition) is 6. The predicted molar refractivity (Wildman–Crippen MR) is 111 cm³/mol. The summed E-state index contributed by atoms with van der Waals surface area (Å²) in [6, 6.07) is 21.4. The van der Waals surface area contributed by atoms with Crippen molar-refractivity contribution in [3.63, 3.8) is 0 Å². The zero-order valence-corrected chi connectivity index (χ0v) is 15.9. The van der Waals surface area contributed by atoms with Crippen molar-refractivity contribution >= 4 is 12.2 Å². The summed E-state index contributed by atoms with van der Waals surface area (Å²) in [4.78, 5) is 0. The third kappa shape index (κ3) is 7.09. The van der Waals surface area contributed by atoms with Gasteiger partial charge in [-0.3, -0.25) is 0 Å². The molecule has 0 amide bonds. The van der Waals surface area contributed by atoms with Crippen LogP contribution in [0.3, 0.4) is 0 Å². The number of ether oxygens (including phenoxy) is 2. The molecule has 144 valence electrons. The summed E-state index contributed by atoms with van der Waals surface area (Å²) in [7, 11) is 0. The second kappa shape index (κ2) is 11.8. The van der Waals surface area contributed by atoms with Crippen molar-refractivity contribution in [2.45, 2.75) is 0 Å². The zero-order chi connectivity index (χ0) is 21.6. The smallest absolute Gasteiger partial charge is 0.130 e. The minimum atomic E-state index is 0.0480. The van der Waals surface area contributed by atoms with Crippen molar-refractivity contribution < 1.29 is 9.47 Å². The van der Waals surface area contributed by atoms with Crippen molar-refractivity contribution in [2.75, 3.05) is 13.2 Å². The second-order valence-corrected chi connectivity index (χ2v) is 5.79. The molecule has 0 bridgehead atoms. The fourth-order valence-electron chi connectivity index (χ4n) is 2.26. The Balaban J connectivity index is 1.76. The lowest BCUT2D eigenvalue weighted by Gasteiger charge is -2.05. The molecule has 0 spiro atoms. The summed E-state index contributed by atoms with van der Waals surface area (Å²) in [5.74, 6) is 1.34. The van der Waals surface area contributed by atoms with E-state index >= 15 is 0 Å². The molecule has 6 heteroatoms. The Hall–Kier alpha value is -4.78. The van der Waals surface area contributed by atoms with E-state index in [1.807, 2.05) is 36.4 Å². The fourth-order valence-corrected chi connectivity index (χ4v) is 2.26. The van der Waals surface area contributed by atoms with E-state index in [0.717, 1.165) is 11.1 Å². The van der Waals surface area contributed by atoms with Gasteiger partial charge in [0.2, 0.25) is 0 Å². The van der Waals surface area contributed by atoms with Crippen molar-refractivity contribution in [3.8, 4) is 35.8 Å². The first-order chi connectivity index (χ1) is 14.7. The first-order valence-electron chi connectivity index (χ1n) is 8.83. The molecule has 0 N–H and O–H groups in total. The van der Waals surface area contributed by atoms with E-state index in [0.29, 0.717) is 24.7 Å². The predicted octanol–water partition coefficient (Wildman–Crippen LogP) is 4.56. The average Bonchev–Trinajstić information content (AvgIpc) is 2.79. The third-order valence-electron chi connectivity index (χ3n) is 3.72. The highest BCUT2D eigenvalue weighted by atomic mass is 16.5. The average molecular weight is 392 g/mol. The number of allylic oxidation sites excluding steroid dienone is 2. The maximum Gasteiger partial charge on any atom is 0.130 e. The summed E-state index contributed by atoms with van der Waals surface area (Å²) in [5.41, 5.74) is 1.60. The first kappa shape index (κ1) is 21.5. The Morgan fingerprint density at radius 3 is 1.23 bits per heavy atom.